The Balaban J connectivity index is 1.97. The van der Waals surface area contributed by atoms with Crippen LogP contribution >= 0.6 is 11.6 Å². The van der Waals surface area contributed by atoms with Crippen molar-refractivity contribution in [2.45, 2.75) is 18.9 Å². The molecule has 3 nitrogen and oxygen atoms in total. The summed E-state index contributed by atoms with van der Waals surface area (Å²) in [5, 5.41) is 3.01. The third-order valence-corrected chi connectivity index (χ3v) is 4.50. The number of alkyl halides is 1. The molecular weight excluding hydrogens is 308 g/mol. The van der Waals surface area contributed by atoms with Crippen LogP contribution in [0.1, 0.15) is 29.0 Å². The summed E-state index contributed by atoms with van der Waals surface area (Å²) in [6.07, 6.45) is 0.336. The van der Waals surface area contributed by atoms with Gasteiger partial charge in [-0.2, -0.15) is 0 Å². The Kier molecular flexibility index (Phi) is 4.99. The van der Waals surface area contributed by atoms with Gasteiger partial charge in [0.15, 0.2) is 0 Å². The van der Waals surface area contributed by atoms with Gasteiger partial charge in [-0.1, -0.05) is 42.5 Å². The predicted molar refractivity (Wildman–Crippen MR) is 95.0 cm³/mol. The van der Waals surface area contributed by atoms with Crippen molar-refractivity contribution in [2.75, 3.05) is 24.8 Å². The quantitative estimate of drug-likeness (QED) is 0.865. The maximum atomic E-state index is 11.9. The van der Waals surface area contributed by atoms with Crippen LogP contribution < -0.4 is 5.32 Å². The summed E-state index contributed by atoms with van der Waals surface area (Å²) in [6, 6.07) is 16.7. The number of fused-ring (bicyclic) bond motifs is 1. The van der Waals surface area contributed by atoms with Crippen molar-refractivity contribution in [3.8, 4) is 0 Å². The Labute approximate surface area is 142 Å². The molecule has 1 amide bonds. The highest BCUT2D eigenvalue weighted by Crippen LogP contribution is 2.36. The van der Waals surface area contributed by atoms with Gasteiger partial charge in [0.25, 0.3) is 0 Å². The van der Waals surface area contributed by atoms with Crippen LogP contribution in [-0.4, -0.2) is 30.3 Å². The van der Waals surface area contributed by atoms with Crippen LogP contribution in [0, 0.1) is 0 Å². The molecule has 1 atom stereocenters. The highest BCUT2D eigenvalue weighted by atomic mass is 35.5. The lowest BCUT2D eigenvalue weighted by atomic mass is 9.84. The number of hydrogen-bond donors (Lipinski definition) is 1. The van der Waals surface area contributed by atoms with E-state index < -0.39 is 0 Å². The van der Waals surface area contributed by atoms with E-state index in [9.17, 15) is 4.79 Å². The van der Waals surface area contributed by atoms with E-state index in [4.69, 9.17) is 11.6 Å². The summed E-state index contributed by atoms with van der Waals surface area (Å²) in [7, 11) is 2.12. The van der Waals surface area contributed by atoms with Crippen LogP contribution in [0.15, 0.2) is 48.5 Å². The molecular formula is C19H21ClN2O. The lowest BCUT2D eigenvalue weighted by molar-refractivity contribution is -0.115. The van der Waals surface area contributed by atoms with Crippen LogP contribution in [-0.2, 0) is 11.3 Å². The van der Waals surface area contributed by atoms with Crippen LogP contribution in [0.4, 0.5) is 5.69 Å². The van der Waals surface area contributed by atoms with E-state index in [-0.39, 0.29) is 5.91 Å². The van der Waals surface area contributed by atoms with E-state index in [1.54, 1.807) is 0 Å². The molecule has 1 N–H and O–H groups in total. The number of hydrogen-bond acceptors (Lipinski definition) is 2. The number of carbonyl (C=O) groups excluding carboxylic acids is 1. The van der Waals surface area contributed by atoms with Crippen LogP contribution in [0.25, 0.3) is 0 Å². The van der Waals surface area contributed by atoms with Crippen molar-refractivity contribution in [2.24, 2.45) is 0 Å². The Morgan fingerprint density at radius 3 is 2.74 bits per heavy atom. The monoisotopic (exact) mass is 328 g/mol. The molecule has 120 valence electrons. The minimum atomic E-state index is -0.0297. The van der Waals surface area contributed by atoms with E-state index in [0.29, 0.717) is 18.2 Å². The molecule has 0 fully saturated rings. The SMILES string of the molecule is CN1Cc2c(NC(=O)CCCl)cccc2C(c2ccccc2)C1. The van der Waals surface area contributed by atoms with Crippen molar-refractivity contribution < 1.29 is 4.79 Å². The van der Waals surface area contributed by atoms with Gasteiger partial charge in [-0.05, 0) is 29.8 Å². The van der Waals surface area contributed by atoms with E-state index in [0.717, 1.165) is 18.8 Å². The first-order valence-corrected chi connectivity index (χ1v) is 8.43. The van der Waals surface area contributed by atoms with Gasteiger partial charge in [-0.25, -0.2) is 0 Å². The maximum Gasteiger partial charge on any atom is 0.225 e. The van der Waals surface area contributed by atoms with Crippen LogP contribution in [0.2, 0.25) is 0 Å². The van der Waals surface area contributed by atoms with Crippen molar-refractivity contribution in [3.05, 3.63) is 65.2 Å². The highest BCUT2D eigenvalue weighted by Gasteiger charge is 2.26. The lowest BCUT2D eigenvalue weighted by Crippen LogP contribution is -2.32. The van der Waals surface area contributed by atoms with E-state index in [2.05, 4.69) is 47.6 Å². The van der Waals surface area contributed by atoms with Gasteiger partial charge in [-0.3, -0.25) is 4.79 Å². The summed E-state index contributed by atoms with van der Waals surface area (Å²) in [6.45, 7) is 1.83. The highest BCUT2D eigenvalue weighted by molar-refractivity contribution is 6.19. The molecule has 0 aliphatic carbocycles. The minimum absolute atomic E-state index is 0.0297. The number of carbonyl (C=O) groups is 1. The Morgan fingerprint density at radius 1 is 1.22 bits per heavy atom. The molecule has 0 aromatic heterocycles. The third-order valence-electron chi connectivity index (χ3n) is 4.31. The number of halogens is 1. The summed E-state index contributed by atoms with van der Waals surface area (Å²) >= 11 is 5.66. The van der Waals surface area contributed by atoms with Crippen molar-refractivity contribution in [1.29, 1.82) is 0 Å². The number of amides is 1. The lowest BCUT2D eigenvalue weighted by Gasteiger charge is -2.34. The zero-order chi connectivity index (χ0) is 16.2. The topological polar surface area (TPSA) is 32.3 Å². The Hall–Kier alpha value is -1.84. The molecule has 2 aromatic carbocycles. The van der Waals surface area contributed by atoms with Gasteiger partial charge in [0.1, 0.15) is 0 Å². The normalized spacial score (nSPS) is 17.6. The second-order valence-corrected chi connectivity index (χ2v) is 6.40. The summed E-state index contributed by atoms with van der Waals surface area (Å²) < 4.78 is 0. The standard InChI is InChI=1S/C19H21ClN2O/c1-22-12-16(14-6-3-2-4-7-14)15-8-5-9-18(17(15)13-22)21-19(23)10-11-20/h2-9,16H,10-13H2,1H3,(H,21,23). The second-order valence-electron chi connectivity index (χ2n) is 6.02. The number of nitrogens with zero attached hydrogens (tertiary/aromatic N) is 1. The fourth-order valence-corrected chi connectivity index (χ4v) is 3.41. The zero-order valence-corrected chi connectivity index (χ0v) is 14.0. The smallest absolute Gasteiger partial charge is 0.225 e. The van der Waals surface area contributed by atoms with Gasteiger partial charge in [0.2, 0.25) is 5.91 Å². The average Bonchev–Trinajstić information content (AvgIpc) is 2.56. The van der Waals surface area contributed by atoms with Gasteiger partial charge in [0.05, 0.1) is 0 Å². The number of rotatable bonds is 4. The largest absolute Gasteiger partial charge is 0.326 e. The van der Waals surface area contributed by atoms with Gasteiger partial charge < -0.3 is 10.2 Å². The van der Waals surface area contributed by atoms with Crippen molar-refractivity contribution in [1.82, 2.24) is 4.90 Å². The molecule has 2 aromatic rings. The first-order valence-electron chi connectivity index (χ1n) is 7.90. The summed E-state index contributed by atoms with van der Waals surface area (Å²) in [5.41, 5.74) is 4.73. The molecule has 0 saturated heterocycles. The fourth-order valence-electron chi connectivity index (χ4n) is 3.24. The molecule has 0 saturated carbocycles. The first-order chi connectivity index (χ1) is 11.2. The molecule has 1 aliphatic heterocycles. The molecule has 23 heavy (non-hydrogen) atoms. The fraction of sp³-hybridized carbons (Fsp3) is 0.316. The molecule has 4 heteroatoms. The Morgan fingerprint density at radius 2 is 2.00 bits per heavy atom. The van der Waals surface area contributed by atoms with E-state index in [1.165, 1.54) is 16.7 Å². The minimum Gasteiger partial charge on any atom is -0.326 e. The average molecular weight is 329 g/mol. The summed E-state index contributed by atoms with van der Waals surface area (Å²) in [5.74, 6) is 0.639. The molecule has 1 aliphatic rings. The number of benzene rings is 2. The van der Waals surface area contributed by atoms with Crippen molar-refractivity contribution in [3.63, 3.8) is 0 Å². The third kappa shape index (κ3) is 3.57. The summed E-state index contributed by atoms with van der Waals surface area (Å²) in [4.78, 5) is 14.2. The number of nitrogens with one attached hydrogen (secondary N) is 1. The maximum absolute atomic E-state index is 11.9. The first kappa shape index (κ1) is 16.0. The molecule has 1 unspecified atom stereocenters. The van der Waals surface area contributed by atoms with Gasteiger partial charge in [0, 0.05) is 37.0 Å². The molecule has 0 radical (unpaired) electrons. The Bertz CT molecular complexity index is 687. The van der Waals surface area contributed by atoms with Crippen LogP contribution in [0.5, 0.6) is 0 Å². The van der Waals surface area contributed by atoms with Crippen LogP contribution in [0.3, 0.4) is 0 Å². The zero-order valence-electron chi connectivity index (χ0n) is 13.3. The van der Waals surface area contributed by atoms with Crippen molar-refractivity contribution >= 4 is 23.2 Å². The molecule has 3 rings (SSSR count). The number of anilines is 1. The van der Waals surface area contributed by atoms with Gasteiger partial charge in [-0.15, -0.1) is 11.6 Å². The molecule has 1 heterocycles. The van der Waals surface area contributed by atoms with E-state index >= 15 is 0 Å². The predicted octanol–water partition coefficient (Wildman–Crippen LogP) is 3.83. The number of likely N-dealkylation sites (N-methyl/N-ethyl adjacent to an activating group) is 1. The molecule has 0 bridgehead atoms. The second kappa shape index (κ2) is 7.16. The van der Waals surface area contributed by atoms with E-state index in [1.807, 2.05) is 18.2 Å². The molecule has 0 spiro atoms. The van der Waals surface area contributed by atoms with Gasteiger partial charge >= 0.3 is 0 Å².